The van der Waals surface area contributed by atoms with Crippen molar-refractivity contribution in [1.82, 2.24) is 5.17 Å². The van der Waals surface area contributed by atoms with E-state index in [4.69, 9.17) is 11.6 Å². The molecule has 0 radical (unpaired) electrons. The fraction of sp³-hybridized carbons (Fsp3) is 0.750. The summed E-state index contributed by atoms with van der Waals surface area (Å²) in [6, 6.07) is 0. The van der Waals surface area contributed by atoms with Gasteiger partial charge in [-0.05, 0) is 6.26 Å². The van der Waals surface area contributed by atoms with E-state index in [2.05, 4.69) is 10.1 Å². The Hall–Kier alpha value is -0.460. The van der Waals surface area contributed by atoms with E-state index in [0.717, 1.165) is 17.3 Å². The van der Waals surface area contributed by atoms with Crippen molar-refractivity contribution in [2.24, 2.45) is 16.7 Å². The summed E-state index contributed by atoms with van der Waals surface area (Å²) in [5.74, 6) is 6.17. The number of hydrazine groups is 1. The van der Waals surface area contributed by atoms with Crippen LogP contribution in [0.1, 0.15) is 0 Å². The first kappa shape index (κ1) is 9.54. The van der Waals surface area contributed by atoms with E-state index in [0.29, 0.717) is 6.54 Å². The summed E-state index contributed by atoms with van der Waals surface area (Å²) in [6.07, 6.45) is 3.03. The molecular weight excluding hydrogens is 152 g/mol. The molecule has 0 atom stereocenters. The van der Waals surface area contributed by atoms with E-state index in [1.54, 1.807) is 11.8 Å². The van der Waals surface area contributed by atoms with Crippen molar-refractivity contribution in [1.29, 1.82) is 0 Å². The van der Waals surface area contributed by atoms with E-state index < -0.39 is 0 Å². The number of hydrogen-bond acceptors (Lipinski definition) is 5. The van der Waals surface area contributed by atoms with Crippen LogP contribution in [0.5, 0.6) is 0 Å². The highest BCUT2D eigenvalue weighted by Gasteiger charge is 1.94. The van der Waals surface area contributed by atoms with Crippen LogP contribution in [-0.4, -0.2) is 30.1 Å². The first-order chi connectivity index (χ1) is 4.81. The summed E-state index contributed by atoms with van der Waals surface area (Å²) >= 11 is 1.68. The minimum atomic E-state index is 0.624. The smallest absolute Gasteiger partial charge is 0.128 e. The highest BCUT2D eigenvalue weighted by Crippen LogP contribution is 1.91. The Labute approximate surface area is 64.3 Å². The Morgan fingerprint density at radius 3 is 3.00 bits per heavy atom. The van der Waals surface area contributed by atoms with Gasteiger partial charge in [0, 0.05) is 5.75 Å². The van der Waals surface area contributed by atoms with Gasteiger partial charge >= 0.3 is 0 Å². The van der Waals surface area contributed by atoms with Crippen LogP contribution in [0.15, 0.2) is 5.16 Å². The second-order valence-electron chi connectivity index (χ2n) is 1.47. The first-order valence-electron chi connectivity index (χ1n) is 2.73. The van der Waals surface area contributed by atoms with Crippen molar-refractivity contribution in [2.75, 3.05) is 18.6 Å². The molecule has 4 N–H and O–H groups in total. The van der Waals surface area contributed by atoms with Gasteiger partial charge in [0.1, 0.15) is 6.34 Å². The lowest BCUT2D eigenvalue weighted by Gasteiger charge is -2.09. The Balaban J connectivity index is 3.16. The molecule has 10 heavy (non-hydrogen) atoms. The summed E-state index contributed by atoms with van der Waals surface area (Å²) in [5.41, 5.74) is 4.90. The van der Waals surface area contributed by atoms with Crippen molar-refractivity contribution in [3.8, 4) is 0 Å². The van der Waals surface area contributed by atoms with Crippen molar-refractivity contribution in [3.05, 3.63) is 0 Å². The first-order valence-corrected chi connectivity index (χ1v) is 4.12. The van der Waals surface area contributed by atoms with E-state index in [9.17, 15) is 0 Å². The van der Waals surface area contributed by atoms with E-state index in [-0.39, 0.29) is 0 Å². The molecule has 0 saturated heterocycles. The standard InChI is InChI=1S/C4H12N4OS/c1-10-3-2-8(6)9-7-4-5/h4H,2-3,6H2,1H3,(H2,5,7). The summed E-state index contributed by atoms with van der Waals surface area (Å²) in [7, 11) is 0. The summed E-state index contributed by atoms with van der Waals surface area (Å²) in [5, 5.41) is 4.39. The Morgan fingerprint density at radius 1 is 1.80 bits per heavy atom. The number of thioether (sulfide) groups is 1. The van der Waals surface area contributed by atoms with Crippen molar-refractivity contribution in [2.45, 2.75) is 0 Å². The van der Waals surface area contributed by atoms with Gasteiger partial charge < -0.3 is 5.73 Å². The fourth-order valence-corrected chi connectivity index (χ4v) is 0.672. The van der Waals surface area contributed by atoms with Crippen molar-refractivity contribution >= 4 is 18.1 Å². The molecule has 0 aliphatic heterocycles. The maximum atomic E-state index is 5.27. The molecule has 60 valence electrons. The number of rotatable bonds is 5. The van der Waals surface area contributed by atoms with Gasteiger partial charge in [-0.3, -0.25) is 4.94 Å². The normalized spacial score (nSPS) is 11.1. The molecule has 0 aliphatic rings. The van der Waals surface area contributed by atoms with Crippen LogP contribution in [-0.2, 0) is 4.94 Å². The van der Waals surface area contributed by atoms with Gasteiger partial charge in [0.15, 0.2) is 0 Å². The number of nitrogens with zero attached hydrogens (tertiary/aromatic N) is 2. The molecular formula is C4H12N4OS. The quantitative estimate of drug-likeness (QED) is 0.244. The third-order valence-electron chi connectivity index (χ3n) is 0.729. The summed E-state index contributed by atoms with van der Waals surface area (Å²) in [4.78, 5) is 4.54. The molecule has 0 amide bonds. The monoisotopic (exact) mass is 164 g/mol. The molecule has 0 aromatic carbocycles. The average molecular weight is 164 g/mol. The molecule has 0 aliphatic carbocycles. The summed E-state index contributed by atoms with van der Waals surface area (Å²) in [6.45, 7) is 0.624. The summed E-state index contributed by atoms with van der Waals surface area (Å²) < 4.78 is 0. The topological polar surface area (TPSA) is 76.9 Å². The molecule has 0 spiro atoms. The second kappa shape index (κ2) is 6.66. The maximum Gasteiger partial charge on any atom is 0.128 e. The maximum absolute atomic E-state index is 5.27. The van der Waals surface area contributed by atoms with Gasteiger partial charge in [-0.1, -0.05) is 10.3 Å². The fourth-order valence-electron chi connectivity index (χ4n) is 0.310. The predicted octanol–water partition coefficient (Wildman–Crippen LogP) is -0.641. The van der Waals surface area contributed by atoms with Crippen LogP contribution in [0.4, 0.5) is 0 Å². The molecule has 5 nitrogen and oxygen atoms in total. The third-order valence-corrected chi connectivity index (χ3v) is 1.32. The van der Waals surface area contributed by atoms with E-state index >= 15 is 0 Å². The Morgan fingerprint density at radius 2 is 2.50 bits per heavy atom. The third kappa shape index (κ3) is 5.67. The average Bonchev–Trinajstić information content (AvgIpc) is 1.97. The van der Waals surface area contributed by atoms with Gasteiger partial charge in [0.25, 0.3) is 0 Å². The zero-order chi connectivity index (χ0) is 7.82. The largest absolute Gasteiger partial charge is 0.387 e. The highest BCUT2D eigenvalue weighted by atomic mass is 32.2. The van der Waals surface area contributed by atoms with Crippen LogP contribution in [0.3, 0.4) is 0 Å². The second-order valence-corrected chi connectivity index (χ2v) is 2.46. The number of hydrogen-bond donors (Lipinski definition) is 2. The zero-order valence-corrected chi connectivity index (χ0v) is 6.67. The van der Waals surface area contributed by atoms with Gasteiger partial charge in [0.05, 0.1) is 6.54 Å². The molecule has 0 saturated carbocycles. The Kier molecular flexibility index (Phi) is 6.35. The molecule has 6 heteroatoms. The minimum Gasteiger partial charge on any atom is -0.387 e. The van der Waals surface area contributed by atoms with Crippen LogP contribution in [0.2, 0.25) is 0 Å². The highest BCUT2D eigenvalue weighted by molar-refractivity contribution is 7.98. The van der Waals surface area contributed by atoms with Gasteiger partial charge in [-0.2, -0.15) is 11.8 Å². The molecule has 0 aromatic rings. The molecule has 0 unspecified atom stereocenters. The van der Waals surface area contributed by atoms with Gasteiger partial charge in [0.2, 0.25) is 0 Å². The Bertz CT molecular complexity index is 99.3. The number of oxime groups is 1. The van der Waals surface area contributed by atoms with Crippen molar-refractivity contribution in [3.63, 3.8) is 0 Å². The predicted molar refractivity (Wildman–Crippen MR) is 43.0 cm³/mol. The molecule has 0 bridgehead atoms. The molecule has 0 fully saturated rings. The molecule has 0 heterocycles. The molecule has 0 rings (SSSR count). The van der Waals surface area contributed by atoms with Crippen LogP contribution >= 0.6 is 11.8 Å². The minimum absolute atomic E-state index is 0.624. The van der Waals surface area contributed by atoms with Crippen LogP contribution in [0, 0.1) is 0 Å². The SMILES string of the molecule is CSCCN(N)O/N=C/N. The lowest BCUT2D eigenvalue weighted by Crippen LogP contribution is -2.31. The van der Waals surface area contributed by atoms with E-state index in [1.807, 2.05) is 6.26 Å². The van der Waals surface area contributed by atoms with Gasteiger partial charge in [-0.15, -0.1) is 0 Å². The lowest BCUT2D eigenvalue weighted by atomic mass is 10.8. The molecule has 0 aromatic heterocycles. The van der Waals surface area contributed by atoms with Crippen LogP contribution in [0.25, 0.3) is 0 Å². The number of nitrogens with two attached hydrogens (primary N) is 2. The van der Waals surface area contributed by atoms with Gasteiger partial charge in [-0.25, -0.2) is 5.84 Å². The van der Waals surface area contributed by atoms with Crippen molar-refractivity contribution < 1.29 is 4.94 Å². The lowest BCUT2D eigenvalue weighted by molar-refractivity contribution is -0.157. The van der Waals surface area contributed by atoms with E-state index in [1.165, 1.54) is 0 Å². The zero-order valence-electron chi connectivity index (χ0n) is 5.86. The van der Waals surface area contributed by atoms with Crippen LogP contribution < -0.4 is 11.6 Å². The number of hydroxylamine groups is 1.